The van der Waals surface area contributed by atoms with E-state index in [1.807, 2.05) is 19.1 Å². The third-order valence-corrected chi connectivity index (χ3v) is 3.41. The molecule has 21 heavy (non-hydrogen) atoms. The van der Waals surface area contributed by atoms with E-state index in [0.717, 1.165) is 29.5 Å². The molecule has 1 aliphatic rings. The predicted octanol–water partition coefficient (Wildman–Crippen LogP) is 3.36. The van der Waals surface area contributed by atoms with Crippen molar-refractivity contribution in [3.05, 3.63) is 52.6 Å². The molecule has 0 saturated heterocycles. The van der Waals surface area contributed by atoms with Gasteiger partial charge in [-0.25, -0.2) is 9.59 Å². The molecular weight excluding hydrogens is 268 g/mol. The van der Waals surface area contributed by atoms with Crippen LogP contribution in [-0.2, 0) is 9.53 Å². The van der Waals surface area contributed by atoms with E-state index in [1.54, 1.807) is 25.1 Å². The molecule has 1 aromatic carbocycles. The Labute approximate surface area is 123 Å². The van der Waals surface area contributed by atoms with Crippen molar-refractivity contribution >= 4 is 17.5 Å². The molecule has 0 bridgehead atoms. The van der Waals surface area contributed by atoms with E-state index in [0.29, 0.717) is 12.2 Å². The Morgan fingerprint density at radius 1 is 1.24 bits per heavy atom. The Kier molecular flexibility index (Phi) is 4.58. The van der Waals surface area contributed by atoms with Gasteiger partial charge in [-0.3, -0.25) is 0 Å². The Bertz CT molecular complexity index is 638. The molecule has 0 spiro atoms. The smallest absolute Gasteiger partial charge is 0.338 e. The molecular formula is C17H18O4. The maximum absolute atomic E-state index is 12.0. The lowest BCUT2D eigenvalue weighted by molar-refractivity contribution is -0.138. The largest absolute Gasteiger partial charge is 0.478 e. The molecule has 0 aliphatic heterocycles. The lowest BCUT2D eigenvalue weighted by Crippen LogP contribution is -2.12. The highest BCUT2D eigenvalue weighted by Gasteiger charge is 2.20. The number of ether oxygens (including phenoxy) is 1. The Hall–Kier alpha value is -2.36. The topological polar surface area (TPSA) is 63.6 Å². The highest BCUT2D eigenvalue weighted by Crippen LogP contribution is 2.31. The van der Waals surface area contributed by atoms with E-state index in [1.165, 1.54) is 0 Å². The first-order valence-electron chi connectivity index (χ1n) is 6.96. The first kappa shape index (κ1) is 15.0. The molecule has 0 fully saturated rings. The van der Waals surface area contributed by atoms with Crippen LogP contribution in [0.25, 0.3) is 5.57 Å². The van der Waals surface area contributed by atoms with Gasteiger partial charge in [-0.05, 0) is 55.5 Å². The van der Waals surface area contributed by atoms with Crippen LogP contribution in [-0.4, -0.2) is 23.7 Å². The number of benzene rings is 1. The summed E-state index contributed by atoms with van der Waals surface area (Å²) in [6, 6.07) is 4.93. The highest BCUT2D eigenvalue weighted by atomic mass is 16.5. The molecule has 0 amide bonds. The first-order valence-corrected chi connectivity index (χ1v) is 6.96. The summed E-state index contributed by atoms with van der Waals surface area (Å²) in [7, 11) is 0. The van der Waals surface area contributed by atoms with Crippen LogP contribution in [0.5, 0.6) is 0 Å². The average Bonchev–Trinajstić information content (AvgIpc) is 2.47. The quantitative estimate of drug-likeness (QED) is 0.862. The zero-order valence-electron chi connectivity index (χ0n) is 12.2. The summed E-state index contributed by atoms with van der Waals surface area (Å²) >= 11 is 0. The van der Waals surface area contributed by atoms with E-state index in [4.69, 9.17) is 9.84 Å². The second-order valence-electron chi connectivity index (χ2n) is 4.87. The van der Waals surface area contributed by atoms with E-state index in [-0.39, 0.29) is 11.5 Å². The zero-order chi connectivity index (χ0) is 15.4. The number of carboxylic acid groups (broad SMARTS) is 1. The fourth-order valence-corrected chi connectivity index (χ4v) is 2.43. The van der Waals surface area contributed by atoms with Crippen molar-refractivity contribution in [2.45, 2.75) is 26.7 Å². The number of aromatic carboxylic acids is 1. The normalized spacial score (nSPS) is 14.2. The van der Waals surface area contributed by atoms with Gasteiger partial charge in [0.05, 0.1) is 17.7 Å². The van der Waals surface area contributed by atoms with Gasteiger partial charge in [0.2, 0.25) is 0 Å². The molecule has 0 saturated carbocycles. The average molecular weight is 286 g/mol. The maximum Gasteiger partial charge on any atom is 0.338 e. The van der Waals surface area contributed by atoms with E-state index < -0.39 is 5.97 Å². The molecule has 0 aromatic heterocycles. The van der Waals surface area contributed by atoms with Gasteiger partial charge in [-0.15, -0.1) is 0 Å². The number of carboxylic acids is 1. The first-order chi connectivity index (χ1) is 10.0. The van der Waals surface area contributed by atoms with Crippen molar-refractivity contribution in [1.29, 1.82) is 0 Å². The molecule has 0 radical (unpaired) electrons. The van der Waals surface area contributed by atoms with Crippen molar-refractivity contribution in [2.75, 3.05) is 6.61 Å². The summed E-state index contributed by atoms with van der Waals surface area (Å²) in [4.78, 5) is 23.0. The minimum Gasteiger partial charge on any atom is -0.478 e. The number of esters is 1. The fourth-order valence-electron chi connectivity index (χ4n) is 2.43. The second kappa shape index (κ2) is 6.39. The predicted molar refractivity (Wildman–Crippen MR) is 80.1 cm³/mol. The van der Waals surface area contributed by atoms with Gasteiger partial charge in [0, 0.05) is 0 Å². The van der Waals surface area contributed by atoms with Gasteiger partial charge in [0.25, 0.3) is 0 Å². The number of rotatable bonds is 4. The highest BCUT2D eigenvalue weighted by molar-refractivity contribution is 6.07. The van der Waals surface area contributed by atoms with Gasteiger partial charge < -0.3 is 9.84 Å². The van der Waals surface area contributed by atoms with Crippen LogP contribution in [0.1, 0.15) is 41.3 Å². The van der Waals surface area contributed by atoms with Gasteiger partial charge in [0.1, 0.15) is 0 Å². The van der Waals surface area contributed by atoms with Gasteiger partial charge in [0.15, 0.2) is 0 Å². The van der Waals surface area contributed by atoms with Crippen molar-refractivity contribution < 1.29 is 19.4 Å². The third-order valence-electron chi connectivity index (χ3n) is 3.41. The Morgan fingerprint density at radius 2 is 1.95 bits per heavy atom. The fraction of sp³-hybridized carbons (Fsp3) is 0.294. The van der Waals surface area contributed by atoms with Gasteiger partial charge >= 0.3 is 11.9 Å². The second-order valence-corrected chi connectivity index (χ2v) is 4.87. The molecule has 110 valence electrons. The van der Waals surface area contributed by atoms with Crippen LogP contribution < -0.4 is 0 Å². The Balaban J connectivity index is 2.40. The Morgan fingerprint density at radius 3 is 2.57 bits per heavy atom. The lowest BCUT2D eigenvalue weighted by Gasteiger charge is -2.17. The molecule has 4 heteroatoms. The summed E-state index contributed by atoms with van der Waals surface area (Å²) in [5.41, 5.74) is 3.34. The van der Waals surface area contributed by atoms with Crippen LogP contribution >= 0.6 is 0 Å². The van der Waals surface area contributed by atoms with Crippen molar-refractivity contribution in [3.63, 3.8) is 0 Å². The summed E-state index contributed by atoms with van der Waals surface area (Å²) in [6.45, 7) is 3.96. The van der Waals surface area contributed by atoms with Crippen molar-refractivity contribution in [1.82, 2.24) is 0 Å². The van der Waals surface area contributed by atoms with Crippen molar-refractivity contribution in [2.24, 2.45) is 0 Å². The molecule has 2 rings (SSSR count). The zero-order valence-corrected chi connectivity index (χ0v) is 12.2. The minimum atomic E-state index is -0.955. The van der Waals surface area contributed by atoms with Crippen LogP contribution in [0.3, 0.4) is 0 Å². The molecule has 4 nitrogen and oxygen atoms in total. The summed E-state index contributed by atoms with van der Waals surface area (Å²) in [6.07, 6.45) is 5.56. The summed E-state index contributed by atoms with van der Waals surface area (Å²) < 4.78 is 5.09. The third kappa shape index (κ3) is 3.21. The molecule has 0 heterocycles. The SMILES string of the molecule is CCOC(=O)C1=CCCC=C1c1ccc(C(=O)O)cc1C. The van der Waals surface area contributed by atoms with Crippen molar-refractivity contribution in [3.8, 4) is 0 Å². The molecule has 1 aromatic rings. The van der Waals surface area contributed by atoms with Crippen LogP contribution in [0.15, 0.2) is 35.9 Å². The van der Waals surface area contributed by atoms with Crippen LogP contribution in [0.4, 0.5) is 0 Å². The van der Waals surface area contributed by atoms with E-state index in [2.05, 4.69) is 0 Å². The number of carbonyl (C=O) groups excluding carboxylic acids is 1. The number of hydrogen-bond acceptors (Lipinski definition) is 3. The molecule has 0 unspecified atom stereocenters. The van der Waals surface area contributed by atoms with Gasteiger partial charge in [-0.2, -0.15) is 0 Å². The lowest BCUT2D eigenvalue weighted by atomic mass is 9.89. The number of allylic oxidation sites excluding steroid dienone is 2. The molecule has 1 N–H and O–H groups in total. The van der Waals surface area contributed by atoms with Crippen LogP contribution in [0.2, 0.25) is 0 Å². The number of hydrogen-bond donors (Lipinski definition) is 1. The maximum atomic E-state index is 12.0. The molecule has 0 atom stereocenters. The standard InChI is InChI=1S/C17H18O4/c1-3-21-17(20)15-7-5-4-6-14(15)13-9-8-12(16(18)19)10-11(13)2/h6-10H,3-5H2,1-2H3,(H,18,19). The number of aryl methyl sites for hydroxylation is 1. The summed E-state index contributed by atoms with van der Waals surface area (Å²) in [5.74, 6) is -1.28. The van der Waals surface area contributed by atoms with E-state index >= 15 is 0 Å². The minimum absolute atomic E-state index is 0.245. The number of carbonyl (C=O) groups is 2. The van der Waals surface area contributed by atoms with E-state index in [9.17, 15) is 9.59 Å². The summed E-state index contributed by atoms with van der Waals surface area (Å²) in [5, 5.41) is 9.02. The van der Waals surface area contributed by atoms with Crippen LogP contribution in [0, 0.1) is 6.92 Å². The molecule has 1 aliphatic carbocycles. The van der Waals surface area contributed by atoms with Gasteiger partial charge in [-0.1, -0.05) is 18.2 Å². The monoisotopic (exact) mass is 286 g/mol.